The first-order valence-electron chi connectivity index (χ1n) is 5.74. The molecule has 1 aliphatic carbocycles. The summed E-state index contributed by atoms with van der Waals surface area (Å²) in [5.74, 6) is 0.205. The molecule has 3 atom stereocenters. The molecule has 1 rings (SSSR count). The second-order valence-corrected chi connectivity index (χ2v) is 4.97. The van der Waals surface area contributed by atoms with Crippen LogP contribution in [-0.2, 0) is 4.79 Å². The van der Waals surface area contributed by atoms with E-state index in [4.69, 9.17) is 5.26 Å². The number of nitriles is 1. The van der Waals surface area contributed by atoms with E-state index in [1.165, 1.54) is 6.42 Å². The lowest BCUT2D eigenvalue weighted by atomic mass is 9.96. The summed E-state index contributed by atoms with van der Waals surface area (Å²) in [7, 11) is 0. The molecule has 1 fully saturated rings. The molecular weight excluding hydrogens is 188 g/mol. The third-order valence-corrected chi connectivity index (χ3v) is 3.13. The third kappa shape index (κ3) is 3.23. The molecule has 3 nitrogen and oxygen atoms in total. The van der Waals surface area contributed by atoms with Crippen molar-refractivity contribution in [3.05, 3.63) is 0 Å². The van der Waals surface area contributed by atoms with Gasteiger partial charge in [-0.05, 0) is 31.1 Å². The van der Waals surface area contributed by atoms with E-state index in [2.05, 4.69) is 18.3 Å². The van der Waals surface area contributed by atoms with Crippen LogP contribution >= 0.6 is 0 Å². The molecule has 0 radical (unpaired) electrons. The molecule has 1 aliphatic rings. The van der Waals surface area contributed by atoms with Crippen LogP contribution < -0.4 is 5.32 Å². The summed E-state index contributed by atoms with van der Waals surface area (Å²) in [6.07, 6.45) is 3.30. The topological polar surface area (TPSA) is 52.9 Å². The molecule has 1 saturated carbocycles. The van der Waals surface area contributed by atoms with Gasteiger partial charge in [-0.15, -0.1) is 0 Å². The highest BCUT2D eigenvalue weighted by atomic mass is 16.1. The first kappa shape index (κ1) is 12.0. The van der Waals surface area contributed by atoms with Gasteiger partial charge in [-0.1, -0.05) is 20.8 Å². The predicted molar refractivity (Wildman–Crippen MR) is 58.9 cm³/mol. The number of nitrogens with one attached hydrogen (secondary N) is 1. The summed E-state index contributed by atoms with van der Waals surface area (Å²) < 4.78 is 0. The van der Waals surface area contributed by atoms with Crippen LogP contribution in [0.5, 0.6) is 0 Å². The standard InChI is InChI=1S/C12H20N2O/c1-8(2)11(7-13)12(15)14-10-5-4-9(3)6-10/h8-11H,4-6H2,1-3H3,(H,14,15). The molecule has 84 valence electrons. The summed E-state index contributed by atoms with van der Waals surface area (Å²) in [5.41, 5.74) is 0. The van der Waals surface area contributed by atoms with E-state index >= 15 is 0 Å². The van der Waals surface area contributed by atoms with Gasteiger partial charge in [-0.2, -0.15) is 5.26 Å². The Balaban J connectivity index is 2.45. The number of rotatable bonds is 3. The highest BCUT2D eigenvalue weighted by Crippen LogP contribution is 2.25. The summed E-state index contributed by atoms with van der Waals surface area (Å²) in [6, 6.07) is 2.37. The molecule has 0 aliphatic heterocycles. The summed E-state index contributed by atoms with van der Waals surface area (Å²) in [5, 5.41) is 11.9. The summed E-state index contributed by atoms with van der Waals surface area (Å²) in [4.78, 5) is 11.7. The fourth-order valence-electron chi connectivity index (χ4n) is 2.14. The van der Waals surface area contributed by atoms with Crippen molar-refractivity contribution < 1.29 is 4.79 Å². The van der Waals surface area contributed by atoms with Crippen molar-refractivity contribution in [3.63, 3.8) is 0 Å². The van der Waals surface area contributed by atoms with Crippen LogP contribution in [0, 0.1) is 29.1 Å². The average Bonchev–Trinajstić information content (AvgIpc) is 2.51. The van der Waals surface area contributed by atoms with Crippen LogP contribution in [0.25, 0.3) is 0 Å². The molecule has 15 heavy (non-hydrogen) atoms. The zero-order valence-electron chi connectivity index (χ0n) is 9.79. The Morgan fingerprint density at radius 1 is 1.47 bits per heavy atom. The Labute approximate surface area is 91.9 Å². The summed E-state index contributed by atoms with van der Waals surface area (Å²) in [6.45, 7) is 6.02. The second-order valence-electron chi connectivity index (χ2n) is 4.97. The minimum atomic E-state index is -0.499. The molecule has 0 bridgehead atoms. The molecule has 1 amide bonds. The van der Waals surface area contributed by atoms with E-state index in [0.29, 0.717) is 12.0 Å². The molecule has 0 aromatic heterocycles. The van der Waals surface area contributed by atoms with Crippen molar-refractivity contribution in [2.45, 2.75) is 46.1 Å². The largest absolute Gasteiger partial charge is 0.352 e. The van der Waals surface area contributed by atoms with Crippen LogP contribution in [0.3, 0.4) is 0 Å². The molecule has 0 heterocycles. The summed E-state index contributed by atoms with van der Waals surface area (Å²) >= 11 is 0. The monoisotopic (exact) mass is 208 g/mol. The normalized spacial score (nSPS) is 27.4. The van der Waals surface area contributed by atoms with Crippen LogP contribution in [0.1, 0.15) is 40.0 Å². The molecule has 0 aromatic carbocycles. The third-order valence-electron chi connectivity index (χ3n) is 3.13. The van der Waals surface area contributed by atoms with Gasteiger partial charge >= 0.3 is 0 Å². The van der Waals surface area contributed by atoms with Gasteiger partial charge in [-0.25, -0.2) is 0 Å². The highest BCUT2D eigenvalue weighted by Gasteiger charge is 2.27. The maximum atomic E-state index is 11.7. The Hall–Kier alpha value is -1.04. The van der Waals surface area contributed by atoms with Crippen LogP contribution in [0.2, 0.25) is 0 Å². The van der Waals surface area contributed by atoms with E-state index < -0.39 is 5.92 Å². The zero-order chi connectivity index (χ0) is 11.4. The quantitative estimate of drug-likeness (QED) is 0.772. The molecular formula is C12H20N2O. The predicted octanol–water partition coefficient (Wildman–Crippen LogP) is 2.09. The number of nitrogens with zero attached hydrogens (tertiary/aromatic N) is 1. The lowest BCUT2D eigenvalue weighted by molar-refractivity contribution is -0.125. The van der Waals surface area contributed by atoms with E-state index in [-0.39, 0.29) is 11.8 Å². The molecule has 0 spiro atoms. The van der Waals surface area contributed by atoms with E-state index in [0.717, 1.165) is 12.8 Å². The van der Waals surface area contributed by atoms with Gasteiger partial charge < -0.3 is 5.32 Å². The van der Waals surface area contributed by atoms with Crippen molar-refractivity contribution in [1.29, 1.82) is 5.26 Å². The highest BCUT2D eigenvalue weighted by molar-refractivity contribution is 5.81. The number of hydrogen-bond donors (Lipinski definition) is 1. The van der Waals surface area contributed by atoms with Crippen LogP contribution in [0.4, 0.5) is 0 Å². The van der Waals surface area contributed by atoms with Crippen molar-refractivity contribution in [2.75, 3.05) is 0 Å². The smallest absolute Gasteiger partial charge is 0.237 e. The van der Waals surface area contributed by atoms with E-state index in [9.17, 15) is 4.79 Å². The fourth-order valence-corrected chi connectivity index (χ4v) is 2.14. The van der Waals surface area contributed by atoms with Gasteiger partial charge in [0.2, 0.25) is 5.91 Å². The van der Waals surface area contributed by atoms with Gasteiger partial charge in [0.25, 0.3) is 0 Å². The van der Waals surface area contributed by atoms with Gasteiger partial charge in [0.05, 0.1) is 6.07 Å². The zero-order valence-corrected chi connectivity index (χ0v) is 9.79. The van der Waals surface area contributed by atoms with Crippen molar-refractivity contribution in [3.8, 4) is 6.07 Å². The lowest BCUT2D eigenvalue weighted by Gasteiger charge is -2.17. The van der Waals surface area contributed by atoms with Crippen molar-refractivity contribution >= 4 is 5.91 Å². The first-order valence-corrected chi connectivity index (χ1v) is 5.74. The molecule has 1 N–H and O–H groups in total. The Bertz CT molecular complexity index is 267. The molecule has 3 unspecified atom stereocenters. The maximum Gasteiger partial charge on any atom is 0.237 e. The van der Waals surface area contributed by atoms with Crippen LogP contribution in [0.15, 0.2) is 0 Å². The maximum absolute atomic E-state index is 11.7. The number of amides is 1. The Kier molecular flexibility index (Phi) is 4.14. The van der Waals surface area contributed by atoms with Gasteiger partial charge in [0.15, 0.2) is 0 Å². The average molecular weight is 208 g/mol. The number of carbonyl (C=O) groups is 1. The SMILES string of the molecule is CC1CCC(NC(=O)C(C#N)C(C)C)C1. The van der Waals surface area contributed by atoms with Crippen molar-refractivity contribution in [2.24, 2.45) is 17.8 Å². The van der Waals surface area contributed by atoms with E-state index in [1.54, 1.807) is 0 Å². The van der Waals surface area contributed by atoms with Crippen LogP contribution in [-0.4, -0.2) is 11.9 Å². The molecule has 3 heteroatoms. The first-order chi connectivity index (χ1) is 7.04. The number of carbonyl (C=O) groups excluding carboxylic acids is 1. The van der Waals surface area contributed by atoms with Gasteiger partial charge in [0, 0.05) is 6.04 Å². The molecule has 0 aromatic rings. The Morgan fingerprint density at radius 2 is 2.13 bits per heavy atom. The minimum Gasteiger partial charge on any atom is -0.352 e. The second kappa shape index (κ2) is 5.16. The Morgan fingerprint density at radius 3 is 2.53 bits per heavy atom. The molecule has 0 saturated heterocycles. The van der Waals surface area contributed by atoms with Gasteiger partial charge in [-0.3, -0.25) is 4.79 Å². The van der Waals surface area contributed by atoms with E-state index in [1.807, 2.05) is 13.8 Å². The van der Waals surface area contributed by atoms with Gasteiger partial charge in [0.1, 0.15) is 5.92 Å². The fraction of sp³-hybridized carbons (Fsp3) is 0.833. The number of hydrogen-bond acceptors (Lipinski definition) is 2. The van der Waals surface area contributed by atoms with Crippen molar-refractivity contribution in [1.82, 2.24) is 5.32 Å². The lowest BCUT2D eigenvalue weighted by Crippen LogP contribution is -2.38. The minimum absolute atomic E-state index is 0.0911.